The van der Waals surface area contributed by atoms with Crippen LogP contribution in [0.15, 0.2) is 18.2 Å². The molecule has 1 aromatic carbocycles. The summed E-state index contributed by atoms with van der Waals surface area (Å²) in [7, 11) is 1.56. The van der Waals surface area contributed by atoms with Crippen molar-refractivity contribution in [1.29, 1.82) is 0 Å². The van der Waals surface area contributed by atoms with E-state index in [0.29, 0.717) is 30.8 Å². The van der Waals surface area contributed by atoms with Gasteiger partial charge in [0.1, 0.15) is 0 Å². The van der Waals surface area contributed by atoms with Gasteiger partial charge in [0.2, 0.25) is 5.91 Å². The molecule has 0 unspecified atom stereocenters. The van der Waals surface area contributed by atoms with E-state index >= 15 is 0 Å². The number of benzene rings is 1. The molecule has 1 rings (SSSR count). The molecule has 0 bridgehead atoms. The highest BCUT2D eigenvalue weighted by atomic mass is 16.5. The summed E-state index contributed by atoms with van der Waals surface area (Å²) >= 11 is 0. The van der Waals surface area contributed by atoms with Gasteiger partial charge in [-0.25, -0.2) is 0 Å². The molecule has 104 valence electrons. The van der Waals surface area contributed by atoms with Crippen molar-refractivity contribution >= 4 is 11.8 Å². The molecule has 0 radical (unpaired) electrons. The molecular weight excluding hydrogens is 244 g/mol. The van der Waals surface area contributed by atoms with Gasteiger partial charge in [0.15, 0.2) is 0 Å². The number of carbonyl (C=O) groups is 2. The molecule has 0 saturated heterocycles. The van der Waals surface area contributed by atoms with Gasteiger partial charge in [-0.1, -0.05) is 0 Å². The maximum Gasteiger partial charge on any atom is 0.253 e. The highest BCUT2D eigenvalue weighted by molar-refractivity contribution is 5.99. The molecule has 5 nitrogen and oxygen atoms in total. The number of ether oxygens (including phenoxy) is 1. The molecule has 5 heteroatoms. The standard InChI is InChI=1S/C14H20N2O3/c1-4-16(5-2)14(18)12-7-10(9-19-3)6-11(8-12)13(15)17/h6-8H,4-5,9H2,1-3H3,(H2,15,17). The van der Waals surface area contributed by atoms with E-state index in [0.717, 1.165) is 5.56 Å². The number of nitrogens with zero attached hydrogens (tertiary/aromatic N) is 1. The Morgan fingerprint density at radius 2 is 1.74 bits per heavy atom. The van der Waals surface area contributed by atoms with Gasteiger partial charge in [-0.15, -0.1) is 0 Å². The lowest BCUT2D eigenvalue weighted by molar-refractivity contribution is 0.0772. The van der Waals surface area contributed by atoms with Crippen LogP contribution in [-0.2, 0) is 11.3 Å². The number of primary amides is 1. The number of hydrogen-bond donors (Lipinski definition) is 1. The number of methoxy groups -OCH3 is 1. The SMILES string of the molecule is CCN(CC)C(=O)c1cc(COC)cc(C(N)=O)c1. The molecule has 0 aliphatic carbocycles. The maximum atomic E-state index is 12.3. The lowest BCUT2D eigenvalue weighted by atomic mass is 10.0. The van der Waals surface area contributed by atoms with Crippen molar-refractivity contribution in [3.05, 3.63) is 34.9 Å². The molecule has 1 aromatic rings. The zero-order valence-corrected chi connectivity index (χ0v) is 11.6. The maximum absolute atomic E-state index is 12.3. The van der Waals surface area contributed by atoms with Gasteiger partial charge in [0, 0.05) is 31.3 Å². The lowest BCUT2D eigenvalue weighted by Crippen LogP contribution is -2.30. The number of hydrogen-bond acceptors (Lipinski definition) is 3. The van der Waals surface area contributed by atoms with Crippen molar-refractivity contribution in [2.24, 2.45) is 5.73 Å². The fourth-order valence-corrected chi connectivity index (χ4v) is 1.90. The second-order valence-corrected chi connectivity index (χ2v) is 4.19. The molecule has 2 amide bonds. The molecule has 2 N–H and O–H groups in total. The van der Waals surface area contributed by atoms with Crippen LogP contribution >= 0.6 is 0 Å². The Labute approximate surface area is 113 Å². The van der Waals surface area contributed by atoms with Gasteiger partial charge < -0.3 is 15.4 Å². The lowest BCUT2D eigenvalue weighted by Gasteiger charge is -2.19. The van der Waals surface area contributed by atoms with E-state index in [9.17, 15) is 9.59 Å². The first-order valence-electron chi connectivity index (χ1n) is 6.25. The second-order valence-electron chi connectivity index (χ2n) is 4.19. The third-order valence-corrected chi connectivity index (χ3v) is 2.89. The van der Waals surface area contributed by atoms with Gasteiger partial charge in [0.25, 0.3) is 5.91 Å². The number of amides is 2. The van der Waals surface area contributed by atoms with Crippen LogP contribution in [0.5, 0.6) is 0 Å². The Kier molecular flexibility index (Phi) is 5.51. The molecule has 0 heterocycles. The molecular formula is C14H20N2O3. The fourth-order valence-electron chi connectivity index (χ4n) is 1.90. The topological polar surface area (TPSA) is 72.6 Å². The molecule has 0 fully saturated rings. The summed E-state index contributed by atoms with van der Waals surface area (Å²) in [6.07, 6.45) is 0. The number of nitrogens with two attached hydrogens (primary N) is 1. The fraction of sp³-hybridized carbons (Fsp3) is 0.429. The Balaban J connectivity index is 3.18. The van der Waals surface area contributed by atoms with E-state index in [2.05, 4.69) is 0 Å². The first kappa shape index (κ1) is 15.2. The van der Waals surface area contributed by atoms with E-state index in [1.807, 2.05) is 13.8 Å². The van der Waals surface area contributed by atoms with Crippen LogP contribution in [0.2, 0.25) is 0 Å². The van der Waals surface area contributed by atoms with Crippen LogP contribution in [0.3, 0.4) is 0 Å². The van der Waals surface area contributed by atoms with Crippen LogP contribution in [0.1, 0.15) is 40.1 Å². The molecule has 0 atom stereocenters. The van der Waals surface area contributed by atoms with Crippen molar-refractivity contribution < 1.29 is 14.3 Å². The van der Waals surface area contributed by atoms with Crippen LogP contribution in [0, 0.1) is 0 Å². The first-order valence-corrected chi connectivity index (χ1v) is 6.25. The summed E-state index contributed by atoms with van der Waals surface area (Å²) < 4.78 is 5.03. The molecule has 0 spiro atoms. The zero-order valence-electron chi connectivity index (χ0n) is 11.6. The Morgan fingerprint density at radius 1 is 1.16 bits per heavy atom. The van der Waals surface area contributed by atoms with Gasteiger partial charge in [-0.05, 0) is 37.6 Å². The van der Waals surface area contributed by atoms with Crippen molar-refractivity contribution in [3.63, 3.8) is 0 Å². The molecule has 19 heavy (non-hydrogen) atoms. The van der Waals surface area contributed by atoms with E-state index in [1.54, 1.807) is 24.1 Å². The monoisotopic (exact) mass is 264 g/mol. The zero-order chi connectivity index (χ0) is 14.4. The average molecular weight is 264 g/mol. The number of rotatable bonds is 6. The summed E-state index contributed by atoms with van der Waals surface area (Å²) in [5.74, 6) is -0.656. The summed E-state index contributed by atoms with van der Waals surface area (Å²) in [5, 5.41) is 0. The third-order valence-electron chi connectivity index (χ3n) is 2.89. The van der Waals surface area contributed by atoms with E-state index in [4.69, 9.17) is 10.5 Å². The molecule has 0 aliphatic rings. The Morgan fingerprint density at radius 3 is 2.21 bits per heavy atom. The van der Waals surface area contributed by atoms with E-state index in [-0.39, 0.29) is 5.91 Å². The van der Waals surface area contributed by atoms with E-state index in [1.165, 1.54) is 6.07 Å². The van der Waals surface area contributed by atoms with Crippen molar-refractivity contribution in [3.8, 4) is 0 Å². The van der Waals surface area contributed by atoms with Crippen LogP contribution in [-0.4, -0.2) is 36.9 Å². The summed E-state index contributed by atoms with van der Waals surface area (Å²) in [6.45, 7) is 5.40. The van der Waals surface area contributed by atoms with Gasteiger partial charge in [0.05, 0.1) is 6.61 Å². The number of carbonyl (C=O) groups excluding carboxylic acids is 2. The van der Waals surface area contributed by atoms with Crippen molar-refractivity contribution in [2.75, 3.05) is 20.2 Å². The predicted octanol–water partition coefficient (Wildman–Crippen LogP) is 1.41. The summed E-state index contributed by atoms with van der Waals surface area (Å²) in [6, 6.07) is 4.91. The molecule has 0 saturated carbocycles. The first-order chi connectivity index (χ1) is 9.03. The van der Waals surface area contributed by atoms with Crippen LogP contribution in [0.4, 0.5) is 0 Å². The normalized spacial score (nSPS) is 10.3. The summed E-state index contributed by atoms with van der Waals surface area (Å²) in [4.78, 5) is 25.3. The summed E-state index contributed by atoms with van der Waals surface area (Å²) in [5.41, 5.74) is 6.83. The van der Waals surface area contributed by atoms with Gasteiger partial charge in [-0.3, -0.25) is 9.59 Å². The third kappa shape index (κ3) is 3.79. The predicted molar refractivity (Wildman–Crippen MR) is 72.9 cm³/mol. The van der Waals surface area contributed by atoms with Crippen LogP contribution in [0.25, 0.3) is 0 Å². The minimum Gasteiger partial charge on any atom is -0.380 e. The van der Waals surface area contributed by atoms with Gasteiger partial charge in [-0.2, -0.15) is 0 Å². The highest BCUT2D eigenvalue weighted by Crippen LogP contribution is 2.13. The Bertz CT molecular complexity index is 468. The minimum atomic E-state index is -0.549. The van der Waals surface area contributed by atoms with Crippen LogP contribution < -0.4 is 5.73 Å². The highest BCUT2D eigenvalue weighted by Gasteiger charge is 2.15. The average Bonchev–Trinajstić information content (AvgIpc) is 2.40. The van der Waals surface area contributed by atoms with Gasteiger partial charge >= 0.3 is 0 Å². The smallest absolute Gasteiger partial charge is 0.253 e. The molecule has 0 aliphatic heterocycles. The largest absolute Gasteiger partial charge is 0.380 e. The van der Waals surface area contributed by atoms with Crippen molar-refractivity contribution in [2.45, 2.75) is 20.5 Å². The van der Waals surface area contributed by atoms with E-state index < -0.39 is 5.91 Å². The van der Waals surface area contributed by atoms with Crippen molar-refractivity contribution in [1.82, 2.24) is 4.90 Å². The quantitative estimate of drug-likeness (QED) is 0.844. The minimum absolute atomic E-state index is 0.106. The Hall–Kier alpha value is -1.88. The second kappa shape index (κ2) is 6.89. The molecule has 0 aromatic heterocycles.